The molecule has 0 atom stereocenters. The van der Waals surface area contributed by atoms with E-state index in [1.807, 2.05) is 18.2 Å². The van der Waals surface area contributed by atoms with Gasteiger partial charge in [-0.1, -0.05) is 30.3 Å². The van der Waals surface area contributed by atoms with Crippen LogP contribution < -0.4 is 16.0 Å². The number of anilines is 1. The van der Waals surface area contributed by atoms with E-state index >= 15 is 0 Å². The smallest absolute Gasteiger partial charge is 0.330 e. The van der Waals surface area contributed by atoms with Gasteiger partial charge in [0.25, 0.3) is 5.91 Å². The normalized spacial score (nSPS) is 14.1. The summed E-state index contributed by atoms with van der Waals surface area (Å²) in [5.74, 6) is -0.903. The molecular weight excluding hydrogens is 286 g/mol. The van der Waals surface area contributed by atoms with Crippen molar-refractivity contribution < 1.29 is 14.4 Å². The number of urea groups is 1. The lowest BCUT2D eigenvalue weighted by Crippen LogP contribution is -2.31. The van der Waals surface area contributed by atoms with Crippen LogP contribution in [0, 0.1) is 0 Å². The quantitative estimate of drug-likeness (QED) is 0.790. The minimum atomic E-state index is -0.776. The van der Waals surface area contributed by atoms with Crippen molar-refractivity contribution >= 4 is 23.7 Å². The monoisotopic (exact) mass is 297 g/mol. The highest BCUT2D eigenvalue weighted by Crippen LogP contribution is 2.23. The zero-order chi connectivity index (χ0) is 15.7. The Hall–Kier alpha value is -3.29. The Bertz CT molecular complexity index is 775. The number of hydrogen-bond donors (Lipinski definition) is 2. The Morgan fingerprint density at radius 1 is 1.23 bits per heavy atom. The van der Waals surface area contributed by atoms with Crippen LogP contribution in [0.1, 0.15) is 10.4 Å². The van der Waals surface area contributed by atoms with Crippen LogP contribution in [0.4, 0.5) is 10.6 Å². The molecule has 8 nitrogen and oxygen atoms in total. The second-order valence-corrected chi connectivity index (χ2v) is 4.60. The van der Waals surface area contributed by atoms with Gasteiger partial charge >= 0.3 is 6.03 Å². The van der Waals surface area contributed by atoms with E-state index in [0.717, 1.165) is 4.90 Å². The average molecular weight is 297 g/mol. The number of carbonyl (C=O) groups is 3. The van der Waals surface area contributed by atoms with Crippen molar-refractivity contribution in [3.63, 3.8) is 0 Å². The summed E-state index contributed by atoms with van der Waals surface area (Å²) in [5.41, 5.74) is 5.98. The van der Waals surface area contributed by atoms with E-state index in [2.05, 4.69) is 15.3 Å². The van der Waals surface area contributed by atoms with Crippen molar-refractivity contribution in [2.75, 3.05) is 11.4 Å². The summed E-state index contributed by atoms with van der Waals surface area (Å²) in [6.45, 7) is -0.218. The van der Waals surface area contributed by atoms with E-state index in [4.69, 9.17) is 5.73 Å². The molecule has 2 aromatic rings. The van der Waals surface area contributed by atoms with Gasteiger partial charge in [0.2, 0.25) is 5.91 Å². The molecule has 0 bridgehead atoms. The molecule has 1 aromatic carbocycles. The molecule has 110 valence electrons. The molecule has 2 heterocycles. The number of aromatic nitrogens is 2. The van der Waals surface area contributed by atoms with Gasteiger partial charge < -0.3 is 5.73 Å². The third kappa shape index (κ3) is 2.37. The van der Waals surface area contributed by atoms with E-state index in [-0.39, 0.29) is 17.9 Å². The standard InChI is InChI=1S/C14H11N5O3/c15-11(21)9-6-16-12(8-4-2-1-3-5-8)18-13(9)19-7-10(20)17-14(19)22/h1-6H,7H2,(H2,15,21)(H,17,20,22). The van der Waals surface area contributed by atoms with Crippen LogP contribution in [0.25, 0.3) is 11.4 Å². The second-order valence-electron chi connectivity index (χ2n) is 4.60. The molecule has 0 spiro atoms. The van der Waals surface area contributed by atoms with Gasteiger partial charge in [-0.15, -0.1) is 0 Å². The summed E-state index contributed by atoms with van der Waals surface area (Å²) in [6, 6.07) is 8.40. The molecule has 0 unspecified atom stereocenters. The van der Waals surface area contributed by atoms with Crippen molar-refractivity contribution in [3.05, 3.63) is 42.1 Å². The number of rotatable bonds is 3. The fourth-order valence-corrected chi connectivity index (χ4v) is 2.09. The maximum absolute atomic E-state index is 11.8. The fraction of sp³-hybridized carbons (Fsp3) is 0.0714. The lowest BCUT2D eigenvalue weighted by atomic mass is 10.2. The van der Waals surface area contributed by atoms with E-state index in [9.17, 15) is 14.4 Å². The zero-order valence-corrected chi connectivity index (χ0v) is 11.3. The number of nitrogens with zero attached hydrogens (tertiary/aromatic N) is 3. The number of primary amides is 1. The SMILES string of the molecule is NC(=O)c1cnc(-c2ccccc2)nc1N1CC(=O)NC1=O. The minimum Gasteiger partial charge on any atom is -0.365 e. The molecule has 0 radical (unpaired) electrons. The Kier molecular flexibility index (Phi) is 3.26. The predicted octanol–water partition coefficient (Wildman–Crippen LogP) is 0.299. The molecule has 0 aliphatic carbocycles. The first-order valence-corrected chi connectivity index (χ1v) is 6.40. The number of hydrogen-bond acceptors (Lipinski definition) is 5. The van der Waals surface area contributed by atoms with Crippen LogP contribution in [0.15, 0.2) is 36.5 Å². The lowest BCUT2D eigenvalue weighted by molar-refractivity contribution is -0.117. The van der Waals surface area contributed by atoms with Crippen LogP contribution in [0.5, 0.6) is 0 Å². The van der Waals surface area contributed by atoms with Crippen LogP contribution in [0.2, 0.25) is 0 Å². The number of nitrogens with one attached hydrogen (secondary N) is 1. The van der Waals surface area contributed by atoms with Gasteiger partial charge in [0.15, 0.2) is 11.6 Å². The Morgan fingerprint density at radius 3 is 2.55 bits per heavy atom. The highest BCUT2D eigenvalue weighted by Gasteiger charge is 2.32. The average Bonchev–Trinajstić information content (AvgIpc) is 2.86. The van der Waals surface area contributed by atoms with Crippen LogP contribution in [-0.2, 0) is 4.79 Å². The molecule has 3 rings (SSSR count). The van der Waals surface area contributed by atoms with Crippen LogP contribution in [-0.4, -0.2) is 34.4 Å². The van der Waals surface area contributed by atoms with Crippen LogP contribution in [0.3, 0.4) is 0 Å². The number of benzene rings is 1. The Morgan fingerprint density at radius 2 is 1.95 bits per heavy atom. The topological polar surface area (TPSA) is 118 Å². The summed E-state index contributed by atoms with van der Waals surface area (Å²) >= 11 is 0. The predicted molar refractivity (Wildman–Crippen MR) is 76.9 cm³/mol. The van der Waals surface area contributed by atoms with Crippen molar-refractivity contribution in [1.29, 1.82) is 0 Å². The Labute approximate surface area is 125 Å². The van der Waals surface area contributed by atoms with Crippen molar-refractivity contribution in [1.82, 2.24) is 15.3 Å². The third-order valence-electron chi connectivity index (χ3n) is 3.11. The first-order chi connectivity index (χ1) is 10.6. The van der Waals surface area contributed by atoms with Gasteiger partial charge in [-0.3, -0.25) is 19.8 Å². The van der Waals surface area contributed by atoms with Gasteiger partial charge in [-0.25, -0.2) is 14.8 Å². The molecular formula is C14H11N5O3. The third-order valence-corrected chi connectivity index (χ3v) is 3.11. The zero-order valence-electron chi connectivity index (χ0n) is 11.3. The molecule has 1 fully saturated rings. The van der Waals surface area contributed by atoms with Gasteiger partial charge in [0, 0.05) is 11.8 Å². The number of imide groups is 1. The molecule has 8 heteroatoms. The van der Waals surface area contributed by atoms with Crippen molar-refractivity contribution in [2.45, 2.75) is 0 Å². The fourth-order valence-electron chi connectivity index (χ4n) is 2.09. The second kappa shape index (κ2) is 5.24. The van der Waals surface area contributed by atoms with E-state index in [1.54, 1.807) is 12.1 Å². The van der Waals surface area contributed by atoms with Crippen molar-refractivity contribution in [3.8, 4) is 11.4 Å². The van der Waals surface area contributed by atoms with Crippen LogP contribution >= 0.6 is 0 Å². The maximum Gasteiger partial charge on any atom is 0.330 e. The first kappa shape index (κ1) is 13.7. The summed E-state index contributed by atoms with van der Waals surface area (Å²) in [6.07, 6.45) is 1.25. The largest absolute Gasteiger partial charge is 0.365 e. The van der Waals surface area contributed by atoms with Gasteiger partial charge in [0.05, 0.1) is 0 Å². The molecule has 4 amide bonds. The molecule has 22 heavy (non-hydrogen) atoms. The van der Waals surface area contributed by atoms with E-state index < -0.39 is 17.8 Å². The lowest BCUT2D eigenvalue weighted by Gasteiger charge is -2.15. The minimum absolute atomic E-state index is 0.0182. The molecule has 1 aliphatic rings. The summed E-state index contributed by atoms with van der Waals surface area (Å²) in [5, 5.41) is 2.13. The molecule has 1 aromatic heterocycles. The first-order valence-electron chi connectivity index (χ1n) is 6.40. The van der Waals surface area contributed by atoms with Crippen molar-refractivity contribution in [2.24, 2.45) is 5.73 Å². The summed E-state index contributed by atoms with van der Waals surface area (Å²) in [7, 11) is 0. The highest BCUT2D eigenvalue weighted by molar-refractivity contribution is 6.14. The summed E-state index contributed by atoms with van der Waals surface area (Å²) < 4.78 is 0. The van der Waals surface area contributed by atoms with E-state index in [0.29, 0.717) is 11.4 Å². The number of nitrogens with two attached hydrogens (primary N) is 1. The Balaban J connectivity index is 2.11. The highest BCUT2D eigenvalue weighted by atomic mass is 16.2. The summed E-state index contributed by atoms with van der Waals surface area (Å²) in [4.78, 5) is 44.0. The van der Waals surface area contributed by atoms with Gasteiger partial charge in [-0.2, -0.15) is 0 Å². The molecule has 1 aliphatic heterocycles. The molecule has 0 saturated carbocycles. The van der Waals surface area contributed by atoms with Gasteiger partial charge in [0.1, 0.15) is 12.1 Å². The molecule has 1 saturated heterocycles. The van der Waals surface area contributed by atoms with Gasteiger partial charge in [-0.05, 0) is 0 Å². The number of amides is 4. The maximum atomic E-state index is 11.8. The number of carbonyl (C=O) groups excluding carboxylic acids is 3. The molecule has 3 N–H and O–H groups in total. The van der Waals surface area contributed by atoms with E-state index in [1.165, 1.54) is 6.20 Å².